The average Bonchev–Trinajstić information content (AvgIpc) is 3.68. The molecule has 1 fully saturated rings. The number of hydrogen-bond donors (Lipinski definition) is 4. The van der Waals surface area contributed by atoms with Crippen molar-refractivity contribution in [2.75, 3.05) is 39.4 Å². The van der Waals surface area contributed by atoms with Gasteiger partial charge in [0.2, 0.25) is 5.91 Å². The summed E-state index contributed by atoms with van der Waals surface area (Å²) in [6, 6.07) is 12.1. The van der Waals surface area contributed by atoms with Gasteiger partial charge in [-0.15, -0.1) is 0 Å². The van der Waals surface area contributed by atoms with Crippen LogP contribution in [-0.4, -0.2) is 83.4 Å². The molecule has 0 saturated carbocycles. The van der Waals surface area contributed by atoms with Gasteiger partial charge in [-0.25, -0.2) is 9.78 Å². The molecule has 13 nitrogen and oxygen atoms in total. The van der Waals surface area contributed by atoms with Gasteiger partial charge >= 0.3 is 12.1 Å². The Hall–Kier alpha value is -4.62. The first-order valence-electron chi connectivity index (χ1n) is 15.5. The predicted octanol–water partition coefficient (Wildman–Crippen LogP) is 2.68. The number of aryl methyl sites for hydroxylation is 1. The van der Waals surface area contributed by atoms with Crippen molar-refractivity contribution in [3.8, 4) is 0 Å². The highest BCUT2D eigenvalue weighted by Gasteiger charge is 2.39. The average molecular weight is 634 g/mol. The number of amidine groups is 1. The highest BCUT2D eigenvalue weighted by molar-refractivity contribution is 6.04. The van der Waals surface area contributed by atoms with Gasteiger partial charge in [-0.05, 0) is 56.9 Å². The number of nitrogens with zero attached hydrogens (tertiary/aromatic N) is 3. The van der Waals surface area contributed by atoms with Crippen molar-refractivity contribution in [1.29, 1.82) is 5.41 Å². The van der Waals surface area contributed by atoms with E-state index in [0.29, 0.717) is 30.0 Å². The Morgan fingerprint density at radius 1 is 1.04 bits per heavy atom. The van der Waals surface area contributed by atoms with E-state index in [9.17, 15) is 19.2 Å². The molecule has 1 saturated heterocycles. The van der Waals surface area contributed by atoms with Crippen molar-refractivity contribution in [2.45, 2.75) is 51.5 Å². The van der Waals surface area contributed by atoms with E-state index in [4.69, 9.17) is 25.6 Å². The molecular formula is C33H43N7O6. The van der Waals surface area contributed by atoms with Gasteiger partial charge in [-0.1, -0.05) is 30.3 Å². The fourth-order valence-corrected chi connectivity index (χ4v) is 5.65. The number of alkyl carbamates (subject to hydrolysis) is 1. The van der Waals surface area contributed by atoms with Gasteiger partial charge in [0, 0.05) is 32.2 Å². The number of carbonyl (C=O) groups is 4. The summed E-state index contributed by atoms with van der Waals surface area (Å²) < 4.78 is 11.6. The summed E-state index contributed by atoms with van der Waals surface area (Å²) in [5.74, 6) is -0.395. The Morgan fingerprint density at radius 2 is 1.72 bits per heavy atom. The van der Waals surface area contributed by atoms with Crippen molar-refractivity contribution in [3.05, 3.63) is 65.0 Å². The second kappa shape index (κ2) is 15.1. The molecule has 0 bridgehead atoms. The lowest BCUT2D eigenvalue weighted by atomic mass is 9.80. The minimum Gasteiger partial charge on any atom is -0.466 e. The van der Waals surface area contributed by atoms with E-state index < -0.39 is 23.5 Å². The second-order valence-corrected chi connectivity index (χ2v) is 11.5. The highest BCUT2D eigenvalue weighted by atomic mass is 16.5. The van der Waals surface area contributed by atoms with Gasteiger partial charge < -0.3 is 30.0 Å². The summed E-state index contributed by atoms with van der Waals surface area (Å²) in [5, 5.41) is 13.6. The van der Waals surface area contributed by atoms with Crippen LogP contribution in [0.5, 0.6) is 0 Å². The molecule has 3 aromatic rings. The molecular weight excluding hydrogens is 590 g/mol. The monoisotopic (exact) mass is 633 g/mol. The number of ether oxygens (including phenoxy) is 2. The minimum atomic E-state index is -1.000. The van der Waals surface area contributed by atoms with Crippen LogP contribution in [0, 0.1) is 5.41 Å². The summed E-state index contributed by atoms with van der Waals surface area (Å²) >= 11 is 0. The lowest BCUT2D eigenvalue weighted by Gasteiger charge is -2.33. The number of benzene rings is 2. The van der Waals surface area contributed by atoms with E-state index in [1.807, 2.05) is 41.6 Å². The molecule has 46 heavy (non-hydrogen) atoms. The number of ketones is 1. The number of carbonyl (C=O) groups excluding carboxylic acids is 4. The standard InChI is InChI=1S/C33H43N7O6/c1-5-45-27(42)18-24(41)19-36-20-33(3,31(43)40-15-7-8-16-40)23-13-14-26-25(17-23)37-30(39(26)4)28(34)21-9-11-22(12-10-21)29(35)38-32(44)46-6-2/h9-14,17,28,36H,5-8,15-16,18-20,34H2,1-4H3,(H2,35,38,44). The maximum Gasteiger partial charge on any atom is 0.412 e. The number of fused-ring (bicyclic) bond motifs is 1. The summed E-state index contributed by atoms with van der Waals surface area (Å²) in [5.41, 5.74) is 9.17. The Morgan fingerprint density at radius 3 is 2.37 bits per heavy atom. The van der Waals surface area contributed by atoms with E-state index in [2.05, 4.69) is 10.6 Å². The fraction of sp³-hybridized carbons (Fsp3) is 0.455. The molecule has 2 heterocycles. The Bertz CT molecular complexity index is 1600. The van der Waals surface area contributed by atoms with Crippen molar-refractivity contribution in [3.63, 3.8) is 0 Å². The molecule has 0 aliphatic carbocycles. The largest absolute Gasteiger partial charge is 0.466 e. The molecule has 1 aliphatic rings. The van der Waals surface area contributed by atoms with E-state index >= 15 is 0 Å². The van der Waals surface area contributed by atoms with Crippen molar-refractivity contribution in [1.82, 2.24) is 25.1 Å². The zero-order valence-corrected chi connectivity index (χ0v) is 26.9. The first-order chi connectivity index (χ1) is 22.0. The van der Waals surface area contributed by atoms with Crippen LogP contribution in [0.15, 0.2) is 42.5 Å². The lowest BCUT2D eigenvalue weighted by Crippen LogP contribution is -2.50. The van der Waals surface area contributed by atoms with E-state index in [1.54, 1.807) is 38.1 Å². The smallest absolute Gasteiger partial charge is 0.412 e. The number of imidazole rings is 1. The van der Waals surface area contributed by atoms with Crippen LogP contribution in [0.25, 0.3) is 11.0 Å². The maximum absolute atomic E-state index is 13.9. The van der Waals surface area contributed by atoms with Gasteiger partial charge in [0.05, 0.1) is 42.2 Å². The molecule has 2 amide bonds. The molecule has 2 atom stereocenters. The second-order valence-electron chi connectivity index (χ2n) is 11.5. The number of amides is 2. The van der Waals surface area contributed by atoms with Crippen LogP contribution in [-0.2, 0) is 36.3 Å². The molecule has 0 radical (unpaired) electrons. The zero-order chi connectivity index (χ0) is 33.4. The van der Waals surface area contributed by atoms with Crippen molar-refractivity contribution in [2.24, 2.45) is 12.8 Å². The van der Waals surface area contributed by atoms with Gasteiger partial charge in [-0.2, -0.15) is 0 Å². The molecule has 2 aromatic carbocycles. The lowest BCUT2D eigenvalue weighted by molar-refractivity contribution is -0.145. The van der Waals surface area contributed by atoms with Crippen LogP contribution in [0.2, 0.25) is 0 Å². The predicted molar refractivity (Wildman–Crippen MR) is 172 cm³/mol. The molecule has 5 N–H and O–H groups in total. The van der Waals surface area contributed by atoms with Crippen molar-refractivity contribution >= 4 is 40.6 Å². The number of nitrogens with one attached hydrogen (secondary N) is 3. The maximum atomic E-state index is 13.9. The summed E-state index contributed by atoms with van der Waals surface area (Å²) in [6.07, 6.45) is 0.871. The first-order valence-corrected chi connectivity index (χ1v) is 15.5. The Kier molecular flexibility index (Phi) is 11.3. The topological polar surface area (TPSA) is 182 Å². The van der Waals surface area contributed by atoms with Crippen LogP contribution < -0.4 is 16.4 Å². The van der Waals surface area contributed by atoms with Crippen LogP contribution in [0.3, 0.4) is 0 Å². The first kappa shape index (κ1) is 34.3. The normalized spacial score (nSPS) is 14.8. The zero-order valence-electron chi connectivity index (χ0n) is 26.9. The number of nitrogens with two attached hydrogens (primary N) is 1. The van der Waals surface area contributed by atoms with Crippen LogP contribution >= 0.6 is 0 Å². The molecule has 0 spiro atoms. The third-order valence-electron chi connectivity index (χ3n) is 8.20. The fourth-order valence-electron chi connectivity index (χ4n) is 5.65. The number of Topliss-reactive ketones (excluding diaryl/α,β-unsaturated/α-hetero) is 1. The Balaban J connectivity index is 1.56. The van der Waals surface area contributed by atoms with Crippen LogP contribution in [0.1, 0.15) is 68.6 Å². The minimum absolute atomic E-state index is 0.0364. The summed E-state index contributed by atoms with van der Waals surface area (Å²) in [7, 11) is 1.88. The number of esters is 1. The van der Waals surface area contributed by atoms with E-state index in [1.165, 1.54) is 0 Å². The van der Waals surface area contributed by atoms with Gasteiger partial charge in [0.25, 0.3) is 0 Å². The number of rotatable bonds is 13. The number of likely N-dealkylation sites (tertiary alicyclic amines) is 1. The molecule has 4 rings (SSSR count). The van der Waals surface area contributed by atoms with E-state index in [-0.39, 0.29) is 50.3 Å². The summed E-state index contributed by atoms with van der Waals surface area (Å²) in [6.45, 7) is 7.13. The highest BCUT2D eigenvalue weighted by Crippen LogP contribution is 2.31. The van der Waals surface area contributed by atoms with Gasteiger partial charge in [0.1, 0.15) is 18.1 Å². The third-order valence-corrected chi connectivity index (χ3v) is 8.20. The number of hydrogen-bond acceptors (Lipinski definition) is 10. The molecule has 1 aliphatic heterocycles. The van der Waals surface area contributed by atoms with Gasteiger partial charge in [0.15, 0.2) is 5.78 Å². The molecule has 2 unspecified atom stereocenters. The Labute approximate surface area is 268 Å². The van der Waals surface area contributed by atoms with E-state index in [0.717, 1.165) is 29.5 Å². The quantitative estimate of drug-likeness (QED) is 0.0952. The summed E-state index contributed by atoms with van der Waals surface area (Å²) in [4.78, 5) is 56.4. The molecule has 246 valence electrons. The van der Waals surface area contributed by atoms with Gasteiger partial charge in [-0.3, -0.25) is 25.1 Å². The number of aromatic nitrogens is 2. The van der Waals surface area contributed by atoms with Crippen LogP contribution in [0.4, 0.5) is 4.79 Å². The molecule has 1 aromatic heterocycles. The van der Waals surface area contributed by atoms with Crippen molar-refractivity contribution < 1.29 is 28.7 Å². The SMILES string of the molecule is CCOC(=O)CC(=O)CNCC(C)(C(=O)N1CCCC1)c1ccc2c(c1)nc(C(N)c1ccc(C(=N)NC(=O)OCC)cc1)n2C. The molecule has 13 heteroatoms. The third kappa shape index (κ3) is 7.77.